The molecule has 2 N–H and O–H groups in total. The van der Waals surface area contributed by atoms with Crippen LogP contribution >= 0.6 is 0 Å². The first-order valence-electron chi connectivity index (χ1n) is 7.90. The third kappa shape index (κ3) is 2.69. The van der Waals surface area contributed by atoms with E-state index >= 15 is 0 Å². The highest BCUT2D eigenvalue weighted by Gasteiger charge is 2.29. The lowest BCUT2D eigenvalue weighted by atomic mass is 9.86. The van der Waals surface area contributed by atoms with E-state index in [1.54, 1.807) is 0 Å². The van der Waals surface area contributed by atoms with E-state index in [-0.39, 0.29) is 17.6 Å². The lowest BCUT2D eigenvalue weighted by molar-refractivity contribution is -0.122. The molecule has 6 heteroatoms. The zero-order valence-electron chi connectivity index (χ0n) is 13.1. The van der Waals surface area contributed by atoms with Crippen molar-refractivity contribution in [2.45, 2.75) is 39.5 Å². The standard InChI is InChI=1S/C16H22N4O2/c1-9-7-12-14(13(21)8-9)10(2)18-16(19-12)20-5-3-11(4-6-20)15(17)22/h9,11H,3-8H2,1-2H3,(H2,17,22). The van der Waals surface area contributed by atoms with E-state index in [1.807, 2.05) is 6.92 Å². The summed E-state index contributed by atoms with van der Waals surface area (Å²) in [5.74, 6) is 0.909. The molecule has 0 bridgehead atoms. The van der Waals surface area contributed by atoms with Crippen LogP contribution in [0.5, 0.6) is 0 Å². The Labute approximate surface area is 130 Å². The summed E-state index contributed by atoms with van der Waals surface area (Å²) in [5, 5.41) is 0. The fraction of sp³-hybridized carbons (Fsp3) is 0.625. The van der Waals surface area contributed by atoms with Crippen LogP contribution in [-0.4, -0.2) is 34.7 Å². The molecule has 1 aromatic rings. The molecule has 0 spiro atoms. The van der Waals surface area contributed by atoms with Crippen LogP contribution in [0, 0.1) is 18.8 Å². The molecule has 118 valence electrons. The topological polar surface area (TPSA) is 89.2 Å². The first-order chi connectivity index (χ1) is 10.5. The van der Waals surface area contributed by atoms with Gasteiger partial charge in [0.15, 0.2) is 5.78 Å². The number of Topliss-reactive ketones (excluding diaryl/α,β-unsaturated/α-hetero) is 1. The minimum Gasteiger partial charge on any atom is -0.369 e. The number of anilines is 1. The Morgan fingerprint density at radius 1 is 1.23 bits per heavy atom. The maximum Gasteiger partial charge on any atom is 0.225 e. The van der Waals surface area contributed by atoms with Crippen molar-refractivity contribution >= 4 is 17.6 Å². The molecule has 3 rings (SSSR count). The van der Waals surface area contributed by atoms with Crippen LogP contribution in [0.4, 0.5) is 5.95 Å². The number of fused-ring (bicyclic) bond motifs is 1. The van der Waals surface area contributed by atoms with Crippen LogP contribution in [0.1, 0.15) is 47.9 Å². The number of ketones is 1. The summed E-state index contributed by atoms with van der Waals surface area (Å²) in [5.41, 5.74) is 7.74. The highest BCUT2D eigenvalue weighted by atomic mass is 16.1. The number of hydrogen-bond acceptors (Lipinski definition) is 5. The number of nitrogens with two attached hydrogens (primary N) is 1. The van der Waals surface area contributed by atoms with Gasteiger partial charge in [-0.1, -0.05) is 6.92 Å². The van der Waals surface area contributed by atoms with Gasteiger partial charge < -0.3 is 10.6 Å². The molecule has 1 aromatic heterocycles. The quantitative estimate of drug-likeness (QED) is 0.888. The number of primary amides is 1. The minimum atomic E-state index is -0.221. The molecule has 1 fully saturated rings. The Balaban J connectivity index is 1.84. The second kappa shape index (κ2) is 5.66. The molecule has 6 nitrogen and oxygen atoms in total. The molecular formula is C16H22N4O2. The Kier molecular flexibility index (Phi) is 3.85. The van der Waals surface area contributed by atoms with Gasteiger partial charge in [-0.15, -0.1) is 0 Å². The van der Waals surface area contributed by atoms with Crippen LogP contribution in [0.25, 0.3) is 0 Å². The monoisotopic (exact) mass is 302 g/mol. The molecule has 1 aliphatic carbocycles. The number of amides is 1. The maximum atomic E-state index is 12.2. The maximum absolute atomic E-state index is 12.2. The predicted molar refractivity (Wildman–Crippen MR) is 82.7 cm³/mol. The highest BCUT2D eigenvalue weighted by Crippen LogP contribution is 2.28. The zero-order valence-corrected chi connectivity index (χ0v) is 13.1. The zero-order chi connectivity index (χ0) is 15.9. The molecule has 0 aromatic carbocycles. The summed E-state index contributed by atoms with van der Waals surface area (Å²) < 4.78 is 0. The van der Waals surface area contributed by atoms with Crippen LogP contribution in [0.3, 0.4) is 0 Å². The van der Waals surface area contributed by atoms with Gasteiger partial charge in [0.05, 0.1) is 17.0 Å². The van der Waals surface area contributed by atoms with Gasteiger partial charge in [0.2, 0.25) is 11.9 Å². The molecule has 0 radical (unpaired) electrons. The van der Waals surface area contributed by atoms with Crippen molar-refractivity contribution in [1.29, 1.82) is 0 Å². The van der Waals surface area contributed by atoms with E-state index in [9.17, 15) is 9.59 Å². The minimum absolute atomic E-state index is 0.0448. The van der Waals surface area contributed by atoms with Crippen molar-refractivity contribution in [3.05, 3.63) is 17.0 Å². The van der Waals surface area contributed by atoms with Gasteiger partial charge in [0, 0.05) is 25.4 Å². The molecular weight excluding hydrogens is 280 g/mol. The van der Waals surface area contributed by atoms with Gasteiger partial charge in [0.1, 0.15) is 0 Å². The lowest BCUT2D eigenvalue weighted by Crippen LogP contribution is -2.39. The van der Waals surface area contributed by atoms with Gasteiger partial charge in [-0.3, -0.25) is 9.59 Å². The van der Waals surface area contributed by atoms with Gasteiger partial charge in [-0.25, -0.2) is 9.97 Å². The summed E-state index contributed by atoms with van der Waals surface area (Å²) in [7, 11) is 0. The number of carbonyl (C=O) groups is 2. The lowest BCUT2D eigenvalue weighted by Gasteiger charge is -2.31. The van der Waals surface area contributed by atoms with Crippen molar-refractivity contribution < 1.29 is 9.59 Å². The van der Waals surface area contributed by atoms with E-state index in [4.69, 9.17) is 5.73 Å². The van der Waals surface area contributed by atoms with E-state index in [0.717, 1.165) is 43.7 Å². The average Bonchev–Trinajstić information content (AvgIpc) is 2.46. The molecule has 22 heavy (non-hydrogen) atoms. The molecule has 1 aliphatic heterocycles. The Morgan fingerprint density at radius 2 is 1.91 bits per heavy atom. The van der Waals surface area contributed by atoms with Gasteiger partial charge in [-0.2, -0.15) is 0 Å². The number of carbonyl (C=O) groups excluding carboxylic acids is 2. The summed E-state index contributed by atoms with van der Waals surface area (Å²) in [4.78, 5) is 34.7. The molecule has 1 atom stereocenters. The average molecular weight is 302 g/mol. The fourth-order valence-corrected chi connectivity index (χ4v) is 3.45. The fourth-order valence-electron chi connectivity index (χ4n) is 3.45. The number of nitrogens with zero attached hydrogens (tertiary/aromatic N) is 3. The van der Waals surface area contributed by atoms with Crippen molar-refractivity contribution in [3.8, 4) is 0 Å². The number of aromatic nitrogens is 2. The third-order valence-electron chi connectivity index (χ3n) is 4.69. The first-order valence-corrected chi connectivity index (χ1v) is 7.90. The van der Waals surface area contributed by atoms with Crippen molar-refractivity contribution in [3.63, 3.8) is 0 Å². The van der Waals surface area contributed by atoms with Crippen LogP contribution in [0.2, 0.25) is 0 Å². The number of hydrogen-bond donors (Lipinski definition) is 1. The first kappa shape index (κ1) is 14.9. The Hall–Kier alpha value is -1.98. The van der Waals surface area contributed by atoms with Crippen LogP contribution < -0.4 is 10.6 Å². The van der Waals surface area contributed by atoms with Crippen molar-refractivity contribution in [2.24, 2.45) is 17.6 Å². The van der Waals surface area contributed by atoms with E-state index in [2.05, 4.69) is 21.8 Å². The summed E-state index contributed by atoms with van der Waals surface area (Å²) in [6.45, 7) is 5.43. The van der Waals surface area contributed by atoms with E-state index < -0.39 is 0 Å². The smallest absolute Gasteiger partial charge is 0.225 e. The number of rotatable bonds is 2. The van der Waals surface area contributed by atoms with Crippen molar-refractivity contribution in [2.75, 3.05) is 18.0 Å². The van der Waals surface area contributed by atoms with E-state index in [0.29, 0.717) is 23.9 Å². The van der Waals surface area contributed by atoms with Gasteiger partial charge >= 0.3 is 0 Å². The second-order valence-corrected chi connectivity index (χ2v) is 6.53. The van der Waals surface area contributed by atoms with Crippen LogP contribution in [0.15, 0.2) is 0 Å². The van der Waals surface area contributed by atoms with Gasteiger partial charge in [0.25, 0.3) is 0 Å². The molecule has 0 saturated carbocycles. The number of piperidine rings is 1. The Bertz CT molecular complexity index is 621. The molecule has 2 aliphatic rings. The second-order valence-electron chi connectivity index (χ2n) is 6.53. The largest absolute Gasteiger partial charge is 0.369 e. The molecule has 1 unspecified atom stereocenters. The van der Waals surface area contributed by atoms with Crippen molar-refractivity contribution in [1.82, 2.24) is 9.97 Å². The normalized spacial score (nSPS) is 22.5. The summed E-state index contributed by atoms with van der Waals surface area (Å²) in [6, 6.07) is 0. The molecule has 2 heterocycles. The van der Waals surface area contributed by atoms with Gasteiger partial charge in [-0.05, 0) is 32.1 Å². The third-order valence-corrected chi connectivity index (χ3v) is 4.69. The predicted octanol–water partition coefficient (Wildman–Crippen LogP) is 1.25. The van der Waals surface area contributed by atoms with E-state index in [1.165, 1.54) is 0 Å². The Morgan fingerprint density at radius 3 is 2.55 bits per heavy atom. The van der Waals surface area contributed by atoms with Crippen LogP contribution in [-0.2, 0) is 11.2 Å². The number of aryl methyl sites for hydroxylation is 1. The summed E-state index contributed by atoms with van der Waals surface area (Å²) in [6.07, 6.45) is 2.89. The molecule has 1 saturated heterocycles. The highest BCUT2D eigenvalue weighted by molar-refractivity contribution is 5.99. The molecule has 1 amide bonds. The summed E-state index contributed by atoms with van der Waals surface area (Å²) >= 11 is 0. The SMILES string of the molecule is Cc1nc(N2CCC(C(N)=O)CC2)nc2c1C(=O)CC(C)C2.